The number of hydrogen-bond donors (Lipinski definition) is 1. The minimum Gasteiger partial charge on any atom is -0.381 e. The SMILES string of the molecule is Cc1cc(Br)c2c(c1)CCC(C)N2. The number of rotatable bonds is 0. The highest BCUT2D eigenvalue weighted by Gasteiger charge is 2.16. The highest BCUT2D eigenvalue weighted by Crippen LogP contribution is 2.33. The van der Waals surface area contributed by atoms with Crippen molar-refractivity contribution in [3.05, 3.63) is 27.7 Å². The minimum atomic E-state index is 0.603. The number of nitrogens with one attached hydrogen (secondary N) is 1. The second-order valence-electron chi connectivity index (χ2n) is 3.86. The highest BCUT2D eigenvalue weighted by atomic mass is 79.9. The van der Waals surface area contributed by atoms with Gasteiger partial charge in [-0.1, -0.05) is 6.07 Å². The lowest BCUT2D eigenvalue weighted by Crippen LogP contribution is -2.22. The van der Waals surface area contributed by atoms with Gasteiger partial charge in [0.15, 0.2) is 0 Å². The van der Waals surface area contributed by atoms with Gasteiger partial charge in [-0.3, -0.25) is 0 Å². The van der Waals surface area contributed by atoms with Gasteiger partial charge in [-0.05, 0) is 59.8 Å². The normalized spacial score (nSPS) is 20.7. The largest absolute Gasteiger partial charge is 0.381 e. The Hall–Kier alpha value is -0.500. The molecule has 0 radical (unpaired) electrons. The summed E-state index contributed by atoms with van der Waals surface area (Å²) in [7, 11) is 0. The van der Waals surface area contributed by atoms with Gasteiger partial charge >= 0.3 is 0 Å². The first kappa shape index (κ1) is 9.07. The van der Waals surface area contributed by atoms with Crippen molar-refractivity contribution in [2.75, 3.05) is 5.32 Å². The Bertz CT molecular complexity index is 333. The lowest BCUT2D eigenvalue weighted by atomic mass is 9.97. The Labute approximate surface area is 87.7 Å². The lowest BCUT2D eigenvalue weighted by molar-refractivity contribution is 0.679. The topological polar surface area (TPSA) is 12.0 Å². The molecule has 0 fully saturated rings. The van der Waals surface area contributed by atoms with E-state index in [2.05, 4.69) is 47.2 Å². The molecular weight excluding hydrogens is 226 g/mol. The zero-order valence-electron chi connectivity index (χ0n) is 8.02. The molecule has 2 heteroatoms. The number of hydrogen-bond acceptors (Lipinski definition) is 1. The first-order chi connectivity index (χ1) is 6.16. The van der Waals surface area contributed by atoms with Gasteiger partial charge in [0.05, 0.1) is 5.69 Å². The van der Waals surface area contributed by atoms with E-state index in [4.69, 9.17) is 0 Å². The van der Waals surface area contributed by atoms with Crippen LogP contribution >= 0.6 is 15.9 Å². The molecule has 1 atom stereocenters. The summed E-state index contributed by atoms with van der Waals surface area (Å²) in [6.45, 7) is 4.37. The molecule has 1 unspecified atom stereocenters. The molecule has 0 bridgehead atoms. The predicted octanol–water partition coefficient (Wildman–Crippen LogP) is 3.50. The van der Waals surface area contributed by atoms with Crippen molar-refractivity contribution >= 4 is 21.6 Å². The summed E-state index contributed by atoms with van der Waals surface area (Å²) in [5.74, 6) is 0. The van der Waals surface area contributed by atoms with Crippen LogP contribution in [0.1, 0.15) is 24.5 Å². The third kappa shape index (κ3) is 1.73. The van der Waals surface area contributed by atoms with Gasteiger partial charge in [0, 0.05) is 10.5 Å². The number of halogens is 1. The zero-order chi connectivity index (χ0) is 9.42. The summed E-state index contributed by atoms with van der Waals surface area (Å²) >= 11 is 3.60. The third-order valence-electron chi connectivity index (χ3n) is 2.55. The molecule has 2 rings (SSSR count). The molecular formula is C11H14BrN. The molecule has 1 N–H and O–H groups in total. The van der Waals surface area contributed by atoms with Crippen LogP contribution < -0.4 is 5.32 Å². The maximum Gasteiger partial charge on any atom is 0.0519 e. The summed E-state index contributed by atoms with van der Waals surface area (Å²) in [4.78, 5) is 0. The molecule has 0 aromatic heterocycles. The first-order valence-corrected chi connectivity index (χ1v) is 5.51. The third-order valence-corrected chi connectivity index (χ3v) is 3.18. The average molecular weight is 240 g/mol. The lowest BCUT2D eigenvalue weighted by Gasteiger charge is -2.25. The quantitative estimate of drug-likeness (QED) is 0.731. The van der Waals surface area contributed by atoms with E-state index in [-0.39, 0.29) is 0 Å². The van der Waals surface area contributed by atoms with E-state index in [0.29, 0.717) is 6.04 Å². The van der Waals surface area contributed by atoms with Crippen LogP contribution in [0.25, 0.3) is 0 Å². The van der Waals surface area contributed by atoms with Gasteiger partial charge in [-0.15, -0.1) is 0 Å². The molecule has 0 saturated heterocycles. The molecule has 1 heterocycles. The Balaban J connectivity index is 2.47. The second kappa shape index (κ2) is 3.33. The molecule has 1 aromatic carbocycles. The minimum absolute atomic E-state index is 0.603. The Morgan fingerprint density at radius 1 is 1.46 bits per heavy atom. The van der Waals surface area contributed by atoms with Crippen molar-refractivity contribution in [3.8, 4) is 0 Å². The molecule has 1 nitrogen and oxygen atoms in total. The van der Waals surface area contributed by atoms with Crippen LogP contribution in [0.2, 0.25) is 0 Å². The van der Waals surface area contributed by atoms with Gasteiger partial charge in [-0.2, -0.15) is 0 Å². The molecule has 0 amide bonds. The Kier molecular flexibility index (Phi) is 2.33. The highest BCUT2D eigenvalue weighted by molar-refractivity contribution is 9.10. The molecule has 1 aliphatic rings. The van der Waals surface area contributed by atoms with Crippen molar-refractivity contribution in [1.29, 1.82) is 0 Å². The molecule has 13 heavy (non-hydrogen) atoms. The fourth-order valence-corrected chi connectivity index (χ4v) is 2.59. The first-order valence-electron chi connectivity index (χ1n) is 4.72. The molecule has 70 valence electrons. The number of benzene rings is 1. The summed E-state index contributed by atoms with van der Waals surface area (Å²) in [5, 5.41) is 3.51. The van der Waals surface area contributed by atoms with Gasteiger partial charge in [-0.25, -0.2) is 0 Å². The average Bonchev–Trinajstić information content (AvgIpc) is 2.06. The van der Waals surface area contributed by atoms with Crippen LogP contribution in [0.5, 0.6) is 0 Å². The maximum absolute atomic E-state index is 3.60. The van der Waals surface area contributed by atoms with Gasteiger partial charge in [0.25, 0.3) is 0 Å². The fourth-order valence-electron chi connectivity index (χ4n) is 1.86. The molecule has 1 aromatic rings. The number of fused-ring (bicyclic) bond motifs is 1. The van der Waals surface area contributed by atoms with E-state index in [1.807, 2.05) is 0 Å². The van der Waals surface area contributed by atoms with Crippen molar-refractivity contribution < 1.29 is 0 Å². The summed E-state index contributed by atoms with van der Waals surface area (Å²) < 4.78 is 1.20. The number of aryl methyl sites for hydroxylation is 2. The van der Waals surface area contributed by atoms with E-state index < -0.39 is 0 Å². The van der Waals surface area contributed by atoms with Crippen LogP contribution in [-0.4, -0.2) is 6.04 Å². The summed E-state index contributed by atoms with van der Waals surface area (Å²) in [6, 6.07) is 5.05. The van der Waals surface area contributed by atoms with Crippen LogP contribution in [-0.2, 0) is 6.42 Å². The van der Waals surface area contributed by atoms with Crippen molar-refractivity contribution in [2.24, 2.45) is 0 Å². The Morgan fingerprint density at radius 3 is 3.00 bits per heavy atom. The van der Waals surface area contributed by atoms with Crippen LogP contribution in [0.15, 0.2) is 16.6 Å². The molecule has 0 saturated carbocycles. The fraction of sp³-hybridized carbons (Fsp3) is 0.455. The van der Waals surface area contributed by atoms with E-state index in [9.17, 15) is 0 Å². The van der Waals surface area contributed by atoms with Crippen molar-refractivity contribution in [3.63, 3.8) is 0 Å². The molecule has 0 spiro atoms. The predicted molar refractivity (Wildman–Crippen MR) is 60.3 cm³/mol. The molecule has 0 aliphatic carbocycles. The zero-order valence-corrected chi connectivity index (χ0v) is 9.61. The van der Waals surface area contributed by atoms with E-state index in [0.717, 1.165) is 0 Å². The monoisotopic (exact) mass is 239 g/mol. The molecule has 1 aliphatic heterocycles. The van der Waals surface area contributed by atoms with Gasteiger partial charge in [0.1, 0.15) is 0 Å². The Morgan fingerprint density at radius 2 is 2.23 bits per heavy atom. The maximum atomic E-state index is 3.60. The summed E-state index contributed by atoms with van der Waals surface area (Å²) in [6.07, 6.45) is 2.44. The van der Waals surface area contributed by atoms with Gasteiger partial charge in [0.2, 0.25) is 0 Å². The standard InChI is InChI=1S/C11H14BrN/c1-7-5-9-4-3-8(2)13-11(9)10(12)6-7/h5-6,8,13H,3-4H2,1-2H3. The summed E-state index contributed by atoms with van der Waals surface area (Å²) in [5.41, 5.74) is 4.08. The van der Waals surface area contributed by atoms with E-state index >= 15 is 0 Å². The number of anilines is 1. The second-order valence-corrected chi connectivity index (χ2v) is 4.72. The van der Waals surface area contributed by atoms with Crippen LogP contribution in [0.3, 0.4) is 0 Å². The van der Waals surface area contributed by atoms with Crippen LogP contribution in [0, 0.1) is 6.92 Å². The van der Waals surface area contributed by atoms with E-state index in [1.165, 1.54) is 34.1 Å². The van der Waals surface area contributed by atoms with E-state index in [1.54, 1.807) is 0 Å². The van der Waals surface area contributed by atoms with Gasteiger partial charge < -0.3 is 5.32 Å². The van der Waals surface area contributed by atoms with Crippen molar-refractivity contribution in [1.82, 2.24) is 0 Å². The smallest absolute Gasteiger partial charge is 0.0519 e. The van der Waals surface area contributed by atoms with Crippen molar-refractivity contribution in [2.45, 2.75) is 32.7 Å². The van der Waals surface area contributed by atoms with Crippen LogP contribution in [0.4, 0.5) is 5.69 Å².